The molecule has 0 aromatic carbocycles. The van der Waals surface area contributed by atoms with Gasteiger partial charge in [0, 0.05) is 6.54 Å². The number of ether oxygens (including phenoxy) is 1. The first-order valence-corrected chi connectivity index (χ1v) is 7.22. The lowest BCUT2D eigenvalue weighted by atomic mass is 10.1. The summed E-state index contributed by atoms with van der Waals surface area (Å²) in [4.78, 5) is 33.3. The molecule has 25 heavy (non-hydrogen) atoms. The van der Waals surface area contributed by atoms with Crippen molar-refractivity contribution in [3.05, 3.63) is 0 Å². The molecule has 0 radical (unpaired) electrons. The van der Waals surface area contributed by atoms with Crippen LogP contribution in [-0.2, 0) is 19.1 Å². The summed E-state index contributed by atoms with van der Waals surface area (Å²) in [6, 6.07) is -1.70. The second kappa shape index (κ2) is 9.47. The second-order valence-corrected chi connectivity index (χ2v) is 5.08. The molecule has 0 saturated carbocycles. The Morgan fingerprint density at radius 3 is 1.96 bits per heavy atom. The largest absolute Gasteiger partial charge is 0.471 e. The fourth-order valence-electron chi connectivity index (χ4n) is 1.46. The average Bonchev–Trinajstić information content (AvgIpc) is 2.47. The van der Waals surface area contributed by atoms with Crippen molar-refractivity contribution in [1.29, 1.82) is 0 Å². The zero-order valence-corrected chi connectivity index (χ0v) is 13.4. The van der Waals surface area contributed by atoms with Crippen molar-refractivity contribution in [2.45, 2.75) is 57.6 Å². The molecule has 12 heteroatoms. The van der Waals surface area contributed by atoms with Crippen molar-refractivity contribution in [1.82, 2.24) is 10.6 Å². The van der Waals surface area contributed by atoms with E-state index in [9.17, 15) is 40.7 Å². The maximum atomic E-state index is 12.3. The Hall–Kier alpha value is -2.01. The molecule has 146 valence electrons. The SMILES string of the molecule is CCC(C)OC(=O)C(CCCNC(=O)C(F)(F)F)NC(=O)C(F)(F)F. The Kier molecular flexibility index (Phi) is 8.71. The molecule has 2 amide bonds. The van der Waals surface area contributed by atoms with Gasteiger partial charge in [-0.3, -0.25) is 9.59 Å². The van der Waals surface area contributed by atoms with Crippen LogP contribution in [-0.4, -0.2) is 48.8 Å². The van der Waals surface area contributed by atoms with Crippen LogP contribution in [0.5, 0.6) is 0 Å². The zero-order chi connectivity index (χ0) is 19.8. The normalized spacial score (nSPS) is 14.4. The van der Waals surface area contributed by atoms with E-state index in [1.807, 2.05) is 0 Å². The van der Waals surface area contributed by atoms with Crippen LogP contribution in [0.2, 0.25) is 0 Å². The highest BCUT2D eigenvalue weighted by molar-refractivity contribution is 5.87. The molecule has 0 aliphatic carbocycles. The molecule has 0 bridgehead atoms. The van der Waals surface area contributed by atoms with Crippen LogP contribution in [0.15, 0.2) is 0 Å². The van der Waals surface area contributed by atoms with Gasteiger partial charge in [0.15, 0.2) is 0 Å². The van der Waals surface area contributed by atoms with Crippen LogP contribution in [0.25, 0.3) is 0 Å². The van der Waals surface area contributed by atoms with E-state index >= 15 is 0 Å². The number of hydrogen-bond acceptors (Lipinski definition) is 4. The van der Waals surface area contributed by atoms with Gasteiger partial charge < -0.3 is 15.4 Å². The Labute approximate surface area is 139 Å². The minimum atomic E-state index is -5.24. The van der Waals surface area contributed by atoms with Gasteiger partial charge in [0.1, 0.15) is 6.04 Å². The summed E-state index contributed by atoms with van der Waals surface area (Å²) in [7, 11) is 0. The lowest BCUT2D eigenvalue weighted by Crippen LogP contribution is -2.48. The molecule has 0 aliphatic heterocycles. The molecule has 0 aromatic heterocycles. The first-order chi connectivity index (χ1) is 11.3. The van der Waals surface area contributed by atoms with E-state index in [-0.39, 0.29) is 6.42 Å². The quantitative estimate of drug-likeness (QED) is 0.382. The van der Waals surface area contributed by atoms with Gasteiger partial charge in [0.2, 0.25) is 0 Å². The summed E-state index contributed by atoms with van der Waals surface area (Å²) in [5.74, 6) is -5.74. The Bertz CT molecular complexity index is 478. The van der Waals surface area contributed by atoms with E-state index < -0.39 is 55.2 Å². The number of rotatable bonds is 8. The van der Waals surface area contributed by atoms with E-state index in [2.05, 4.69) is 0 Å². The number of amides is 2. The van der Waals surface area contributed by atoms with E-state index in [1.165, 1.54) is 17.6 Å². The Balaban J connectivity index is 4.71. The first kappa shape index (κ1) is 23.0. The average molecular weight is 380 g/mol. The van der Waals surface area contributed by atoms with E-state index in [4.69, 9.17) is 4.74 Å². The number of halogens is 6. The maximum absolute atomic E-state index is 12.3. The first-order valence-electron chi connectivity index (χ1n) is 7.22. The van der Waals surface area contributed by atoms with Gasteiger partial charge in [-0.25, -0.2) is 4.79 Å². The van der Waals surface area contributed by atoms with Gasteiger partial charge >= 0.3 is 30.1 Å². The van der Waals surface area contributed by atoms with Crippen LogP contribution in [0.1, 0.15) is 33.1 Å². The molecule has 0 aliphatic rings. The van der Waals surface area contributed by atoms with Gasteiger partial charge in [-0.15, -0.1) is 0 Å². The number of nitrogens with one attached hydrogen (secondary N) is 2. The summed E-state index contributed by atoms with van der Waals surface area (Å²) in [6.45, 7) is 2.57. The van der Waals surface area contributed by atoms with Crippen molar-refractivity contribution < 1.29 is 45.5 Å². The highest BCUT2D eigenvalue weighted by Crippen LogP contribution is 2.16. The van der Waals surface area contributed by atoms with Gasteiger partial charge in [0.05, 0.1) is 6.10 Å². The zero-order valence-electron chi connectivity index (χ0n) is 13.4. The van der Waals surface area contributed by atoms with Crippen molar-refractivity contribution in [2.24, 2.45) is 0 Å². The number of esters is 1. The smallest absolute Gasteiger partial charge is 0.461 e. The lowest BCUT2D eigenvalue weighted by Gasteiger charge is -2.20. The third-order valence-electron chi connectivity index (χ3n) is 2.95. The lowest BCUT2D eigenvalue weighted by molar-refractivity contribution is -0.176. The maximum Gasteiger partial charge on any atom is 0.471 e. The monoisotopic (exact) mass is 380 g/mol. The molecule has 0 saturated heterocycles. The Morgan fingerprint density at radius 1 is 1.00 bits per heavy atom. The van der Waals surface area contributed by atoms with E-state index in [1.54, 1.807) is 6.92 Å². The van der Waals surface area contributed by atoms with Crippen molar-refractivity contribution in [2.75, 3.05) is 6.54 Å². The summed E-state index contributed by atoms with van der Waals surface area (Å²) in [5.41, 5.74) is 0. The Morgan fingerprint density at radius 2 is 1.52 bits per heavy atom. The van der Waals surface area contributed by atoms with Gasteiger partial charge in [-0.2, -0.15) is 26.3 Å². The number of alkyl halides is 6. The molecule has 2 atom stereocenters. The minimum Gasteiger partial charge on any atom is -0.461 e. The van der Waals surface area contributed by atoms with Crippen molar-refractivity contribution >= 4 is 17.8 Å². The predicted octanol–water partition coefficient (Wildman–Crippen LogP) is 1.83. The topological polar surface area (TPSA) is 84.5 Å². The fraction of sp³-hybridized carbons (Fsp3) is 0.769. The highest BCUT2D eigenvalue weighted by atomic mass is 19.4. The molecule has 0 aromatic rings. The molecule has 2 N–H and O–H groups in total. The summed E-state index contributed by atoms with van der Waals surface area (Å²) in [6.07, 6.45) is -11.3. The highest BCUT2D eigenvalue weighted by Gasteiger charge is 2.41. The van der Waals surface area contributed by atoms with Gasteiger partial charge in [-0.05, 0) is 26.2 Å². The molecular weight excluding hydrogens is 362 g/mol. The molecule has 0 fully saturated rings. The van der Waals surface area contributed by atoms with Crippen LogP contribution < -0.4 is 10.6 Å². The third kappa shape index (κ3) is 9.15. The fourth-order valence-corrected chi connectivity index (χ4v) is 1.46. The predicted molar refractivity (Wildman–Crippen MR) is 72.1 cm³/mol. The molecule has 0 rings (SSSR count). The van der Waals surface area contributed by atoms with E-state index in [0.29, 0.717) is 6.42 Å². The van der Waals surface area contributed by atoms with Crippen LogP contribution in [0, 0.1) is 0 Å². The second-order valence-electron chi connectivity index (χ2n) is 5.08. The van der Waals surface area contributed by atoms with Crippen LogP contribution in [0.4, 0.5) is 26.3 Å². The van der Waals surface area contributed by atoms with Crippen LogP contribution >= 0.6 is 0 Å². The molecule has 2 unspecified atom stereocenters. The molecule has 0 heterocycles. The number of carbonyl (C=O) groups excluding carboxylic acids is 3. The standard InChI is InChI=1S/C13H18F6N2O4/c1-3-7(2)25-9(22)8(21-11(24)13(17,18)19)5-4-6-20-10(23)12(14,15)16/h7-8H,3-6H2,1-2H3,(H,20,23)(H,21,24). The van der Waals surface area contributed by atoms with Crippen LogP contribution in [0.3, 0.4) is 0 Å². The minimum absolute atomic E-state index is 0.291. The summed E-state index contributed by atoms with van der Waals surface area (Å²) >= 11 is 0. The number of hydrogen-bond donors (Lipinski definition) is 2. The third-order valence-corrected chi connectivity index (χ3v) is 2.95. The molecule has 6 nitrogen and oxygen atoms in total. The summed E-state index contributed by atoms with van der Waals surface area (Å²) in [5, 5.41) is 2.93. The molecule has 0 spiro atoms. The van der Waals surface area contributed by atoms with Gasteiger partial charge in [-0.1, -0.05) is 6.92 Å². The van der Waals surface area contributed by atoms with E-state index in [0.717, 1.165) is 0 Å². The summed E-state index contributed by atoms with van der Waals surface area (Å²) < 4.78 is 77.6. The number of carbonyl (C=O) groups is 3. The van der Waals surface area contributed by atoms with Crippen molar-refractivity contribution in [3.63, 3.8) is 0 Å². The van der Waals surface area contributed by atoms with Crippen molar-refractivity contribution in [3.8, 4) is 0 Å². The van der Waals surface area contributed by atoms with Gasteiger partial charge in [0.25, 0.3) is 0 Å². The molecular formula is C13H18F6N2O4.